The number of hydrogen-bond donors (Lipinski definition) is 1. The van der Waals surface area contributed by atoms with Crippen molar-refractivity contribution in [3.05, 3.63) is 24.0 Å². The maximum atomic E-state index is 10.1. The molecule has 0 fully saturated rings. The van der Waals surface area contributed by atoms with Gasteiger partial charge in [-0.25, -0.2) is 0 Å². The lowest BCUT2D eigenvalue weighted by Gasteiger charge is -2.03. The van der Waals surface area contributed by atoms with Crippen molar-refractivity contribution in [3.63, 3.8) is 0 Å². The first-order valence-electron chi connectivity index (χ1n) is 3.26. The highest BCUT2D eigenvalue weighted by molar-refractivity contribution is 5.52. The molecule has 2 heteroatoms. The minimum absolute atomic E-state index is 0.150. The average molecular weight is 138 g/mol. The lowest BCUT2D eigenvalue weighted by molar-refractivity contribution is -0.108. The van der Waals surface area contributed by atoms with Crippen molar-refractivity contribution >= 4 is 6.29 Å². The fourth-order valence-corrected chi connectivity index (χ4v) is 1.13. The summed E-state index contributed by atoms with van der Waals surface area (Å²) in [6.07, 6.45) is 3.55. The van der Waals surface area contributed by atoms with Crippen LogP contribution in [0, 0.1) is 5.92 Å². The molecule has 1 atom stereocenters. The van der Waals surface area contributed by atoms with Gasteiger partial charge in [0.2, 0.25) is 0 Å². The summed E-state index contributed by atoms with van der Waals surface area (Å²) in [5.74, 6) is 0.495. The van der Waals surface area contributed by atoms with Crippen LogP contribution in [0.5, 0.6) is 0 Å². The average Bonchev–Trinajstić information content (AvgIpc) is 2.13. The van der Waals surface area contributed by atoms with E-state index in [-0.39, 0.29) is 5.92 Å². The standard InChI is InChI=1S/C8H10O2/c1-6-4-8(10)5-7(6)2-3-9/h3-4,7,10H,1-2,5H2. The molecule has 0 amide bonds. The van der Waals surface area contributed by atoms with Crippen LogP contribution in [0.3, 0.4) is 0 Å². The van der Waals surface area contributed by atoms with Crippen LogP contribution in [-0.2, 0) is 4.79 Å². The molecule has 0 spiro atoms. The molecule has 0 bridgehead atoms. The van der Waals surface area contributed by atoms with E-state index in [1.54, 1.807) is 6.08 Å². The third-order valence-corrected chi connectivity index (χ3v) is 1.71. The Labute approximate surface area is 59.9 Å². The quantitative estimate of drug-likeness (QED) is 0.588. The Morgan fingerprint density at radius 2 is 2.60 bits per heavy atom. The summed E-state index contributed by atoms with van der Waals surface area (Å²) in [5, 5.41) is 8.98. The fraction of sp³-hybridized carbons (Fsp3) is 0.375. The topological polar surface area (TPSA) is 37.3 Å². The summed E-state index contributed by atoms with van der Waals surface area (Å²) in [4.78, 5) is 10.1. The predicted molar refractivity (Wildman–Crippen MR) is 38.6 cm³/mol. The summed E-state index contributed by atoms with van der Waals surface area (Å²) >= 11 is 0. The zero-order valence-corrected chi connectivity index (χ0v) is 5.71. The van der Waals surface area contributed by atoms with E-state index in [4.69, 9.17) is 5.11 Å². The first-order chi connectivity index (χ1) is 4.74. The Balaban J connectivity index is 2.55. The van der Waals surface area contributed by atoms with Gasteiger partial charge in [0, 0.05) is 12.8 Å². The minimum atomic E-state index is 0.150. The van der Waals surface area contributed by atoms with E-state index in [9.17, 15) is 4.79 Å². The number of allylic oxidation sites excluding steroid dienone is 3. The van der Waals surface area contributed by atoms with Crippen molar-refractivity contribution in [2.24, 2.45) is 5.92 Å². The number of hydrogen-bond acceptors (Lipinski definition) is 2. The first-order valence-corrected chi connectivity index (χ1v) is 3.26. The van der Waals surface area contributed by atoms with E-state index in [1.165, 1.54) is 0 Å². The molecule has 0 aromatic carbocycles. The Hall–Kier alpha value is -1.05. The molecule has 1 unspecified atom stereocenters. The SMILES string of the molecule is C=C1C=C(O)CC1CC=O. The van der Waals surface area contributed by atoms with E-state index in [0.717, 1.165) is 11.9 Å². The number of carbonyl (C=O) groups excluding carboxylic acids is 1. The molecule has 0 saturated heterocycles. The minimum Gasteiger partial charge on any atom is -0.512 e. The third kappa shape index (κ3) is 1.26. The summed E-state index contributed by atoms with van der Waals surface area (Å²) < 4.78 is 0. The van der Waals surface area contributed by atoms with Gasteiger partial charge in [-0.15, -0.1) is 0 Å². The van der Waals surface area contributed by atoms with Crippen LogP contribution in [-0.4, -0.2) is 11.4 Å². The number of rotatable bonds is 2. The van der Waals surface area contributed by atoms with E-state index in [2.05, 4.69) is 6.58 Å². The van der Waals surface area contributed by atoms with Gasteiger partial charge in [0.15, 0.2) is 0 Å². The van der Waals surface area contributed by atoms with Gasteiger partial charge in [0.05, 0.1) is 5.76 Å². The lowest BCUT2D eigenvalue weighted by atomic mass is 10.0. The molecule has 0 aromatic heterocycles. The fourth-order valence-electron chi connectivity index (χ4n) is 1.13. The highest BCUT2D eigenvalue weighted by Crippen LogP contribution is 2.28. The van der Waals surface area contributed by atoms with Crippen LogP contribution >= 0.6 is 0 Å². The molecular formula is C8H10O2. The maximum Gasteiger partial charge on any atom is 0.120 e. The molecule has 0 saturated carbocycles. The Kier molecular flexibility index (Phi) is 1.90. The largest absolute Gasteiger partial charge is 0.512 e. The van der Waals surface area contributed by atoms with E-state index in [1.807, 2.05) is 0 Å². The van der Waals surface area contributed by atoms with Crippen molar-refractivity contribution in [1.82, 2.24) is 0 Å². The molecule has 1 rings (SSSR count). The third-order valence-electron chi connectivity index (χ3n) is 1.71. The van der Waals surface area contributed by atoms with Crippen LogP contribution in [0.2, 0.25) is 0 Å². The Morgan fingerprint density at radius 1 is 1.90 bits per heavy atom. The highest BCUT2D eigenvalue weighted by Gasteiger charge is 2.18. The normalized spacial score (nSPS) is 24.6. The number of carbonyl (C=O) groups is 1. The Morgan fingerprint density at radius 3 is 3.00 bits per heavy atom. The van der Waals surface area contributed by atoms with E-state index < -0.39 is 0 Å². The first kappa shape index (κ1) is 7.06. The molecule has 2 nitrogen and oxygen atoms in total. The van der Waals surface area contributed by atoms with Gasteiger partial charge in [-0.3, -0.25) is 0 Å². The van der Waals surface area contributed by atoms with Crippen LogP contribution in [0.15, 0.2) is 24.0 Å². The molecule has 0 aromatic rings. The van der Waals surface area contributed by atoms with Crippen molar-refractivity contribution in [1.29, 1.82) is 0 Å². The van der Waals surface area contributed by atoms with Gasteiger partial charge in [0.25, 0.3) is 0 Å². The predicted octanol–water partition coefficient (Wildman–Crippen LogP) is 1.59. The maximum absolute atomic E-state index is 10.1. The Bertz CT molecular complexity index is 191. The zero-order chi connectivity index (χ0) is 7.56. The van der Waals surface area contributed by atoms with Crippen molar-refractivity contribution < 1.29 is 9.90 Å². The van der Waals surface area contributed by atoms with Crippen LogP contribution in [0.4, 0.5) is 0 Å². The van der Waals surface area contributed by atoms with Crippen LogP contribution in [0.1, 0.15) is 12.8 Å². The molecule has 1 aliphatic rings. The molecule has 10 heavy (non-hydrogen) atoms. The van der Waals surface area contributed by atoms with Crippen LogP contribution in [0.25, 0.3) is 0 Å². The van der Waals surface area contributed by atoms with Crippen LogP contribution < -0.4 is 0 Å². The monoisotopic (exact) mass is 138 g/mol. The molecule has 0 heterocycles. The smallest absolute Gasteiger partial charge is 0.120 e. The van der Waals surface area contributed by atoms with Crippen molar-refractivity contribution in [2.75, 3.05) is 0 Å². The summed E-state index contributed by atoms with van der Waals surface area (Å²) in [5.41, 5.74) is 0.865. The zero-order valence-electron chi connectivity index (χ0n) is 5.71. The highest BCUT2D eigenvalue weighted by atomic mass is 16.3. The number of aldehydes is 1. The van der Waals surface area contributed by atoms with Gasteiger partial charge in [-0.2, -0.15) is 0 Å². The summed E-state index contributed by atoms with van der Waals surface area (Å²) in [6.45, 7) is 3.71. The van der Waals surface area contributed by atoms with Crippen molar-refractivity contribution in [3.8, 4) is 0 Å². The number of aliphatic hydroxyl groups is 1. The number of aliphatic hydroxyl groups excluding tert-OH is 1. The van der Waals surface area contributed by atoms with E-state index in [0.29, 0.717) is 18.6 Å². The van der Waals surface area contributed by atoms with Crippen molar-refractivity contribution in [2.45, 2.75) is 12.8 Å². The summed E-state index contributed by atoms with van der Waals surface area (Å²) in [6, 6.07) is 0. The van der Waals surface area contributed by atoms with Gasteiger partial charge in [0.1, 0.15) is 6.29 Å². The second-order valence-electron chi connectivity index (χ2n) is 2.51. The molecule has 1 N–H and O–H groups in total. The van der Waals surface area contributed by atoms with Gasteiger partial charge in [-0.05, 0) is 17.6 Å². The lowest BCUT2D eigenvalue weighted by Crippen LogP contribution is -1.97. The van der Waals surface area contributed by atoms with Gasteiger partial charge in [-0.1, -0.05) is 6.58 Å². The summed E-state index contributed by atoms with van der Waals surface area (Å²) in [7, 11) is 0. The molecule has 1 aliphatic carbocycles. The molecule has 54 valence electrons. The second-order valence-corrected chi connectivity index (χ2v) is 2.51. The molecule has 0 aliphatic heterocycles. The molecular weight excluding hydrogens is 128 g/mol. The van der Waals surface area contributed by atoms with Gasteiger partial charge >= 0.3 is 0 Å². The second kappa shape index (κ2) is 2.69. The molecule has 0 radical (unpaired) electrons. The van der Waals surface area contributed by atoms with Gasteiger partial charge < -0.3 is 9.90 Å². The van der Waals surface area contributed by atoms with E-state index >= 15 is 0 Å².